The maximum absolute atomic E-state index is 12.4. The van der Waals surface area contributed by atoms with Crippen molar-refractivity contribution >= 4 is 22.6 Å². The van der Waals surface area contributed by atoms with Crippen molar-refractivity contribution in [3.8, 4) is 5.88 Å². The molecule has 0 spiro atoms. The predicted octanol–water partition coefficient (Wildman–Crippen LogP) is 1.68. The van der Waals surface area contributed by atoms with Crippen molar-refractivity contribution in [3.63, 3.8) is 0 Å². The molecule has 2 aromatic rings. The number of carbonyl (C=O) groups is 2. The van der Waals surface area contributed by atoms with Crippen LogP contribution in [0.4, 0.5) is 0 Å². The largest absolute Gasteiger partial charge is 0.494 e. The fraction of sp³-hybridized carbons (Fsp3) is 0.353. The van der Waals surface area contributed by atoms with Crippen LogP contribution in [0.1, 0.15) is 43.5 Å². The highest BCUT2D eigenvalue weighted by Crippen LogP contribution is 2.24. The zero-order chi connectivity index (χ0) is 17.7. The van der Waals surface area contributed by atoms with Crippen molar-refractivity contribution in [3.05, 3.63) is 40.2 Å². The Kier molecular flexibility index (Phi) is 5.57. The normalized spacial score (nSPS) is 10.6. The van der Waals surface area contributed by atoms with E-state index < -0.39 is 11.8 Å². The molecule has 0 aliphatic rings. The molecule has 1 aromatic heterocycles. The molecule has 128 valence electrons. The summed E-state index contributed by atoms with van der Waals surface area (Å²) in [5, 5.41) is 11.0. The molecule has 0 bridgehead atoms. The number of fused-ring (bicyclic) bond motifs is 1. The van der Waals surface area contributed by atoms with Gasteiger partial charge in [0.15, 0.2) is 0 Å². The molecule has 0 aliphatic carbocycles. The fourth-order valence-electron chi connectivity index (χ4n) is 2.49. The molecule has 2 amide bonds. The molecule has 0 saturated carbocycles. The summed E-state index contributed by atoms with van der Waals surface area (Å²) in [5.41, 5.74) is 4.21. The van der Waals surface area contributed by atoms with E-state index in [1.165, 1.54) is 0 Å². The average Bonchev–Trinajstić information content (AvgIpc) is 2.58. The molecule has 2 rings (SSSR count). The molecule has 0 radical (unpaired) electrons. The lowest BCUT2D eigenvalue weighted by Crippen LogP contribution is -2.42. The number of pyridine rings is 1. The summed E-state index contributed by atoms with van der Waals surface area (Å²) in [6, 6.07) is 6.55. The average molecular weight is 331 g/mol. The van der Waals surface area contributed by atoms with Gasteiger partial charge in [-0.1, -0.05) is 31.5 Å². The van der Waals surface area contributed by atoms with Crippen LogP contribution in [0.3, 0.4) is 0 Å². The van der Waals surface area contributed by atoms with E-state index >= 15 is 0 Å². The van der Waals surface area contributed by atoms with E-state index in [4.69, 9.17) is 0 Å². The molecule has 7 heteroatoms. The van der Waals surface area contributed by atoms with Crippen LogP contribution in [0.25, 0.3) is 10.8 Å². The van der Waals surface area contributed by atoms with Crippen LogP contribution in [-0.4, -0.2) is 21.5 Å². The van der Waals surface area contributed by atoms with Crippen molar-refractivity contribution in [1.29, 1.82) is 0 Å². The minimum Gasteiger partial charge on any atom is -0.494 e. The van der Waals surface area contributed by atoms with E-state index in [-0.39, 0.29) is 23.6 Å². The van der Waals surface area contributed by atoms with Crippen LogP contribution in [0, 0.1) is 0 Å². The Hall–Kier alpha value is -2.83. The zero-order valence-electron chi connectivity index (χ0n) is 13.8. The monoisotopic (exact) mass is 331 g/mol. The minimum atomic E-state index is -0.671. The van der Waals surface area contributed by atoms with Crippen LogP contribution < -0.4 is 16.4 Å². The van der Waals surface area contributed by atoms with Gasteiger partial charge in [0.1, 0.15) is 5.56 Å². The number of benzene rings is 1. The first kappa shape index (κ1) is 17.5. The van der Waals surface area contributed by atoms with Gasteiger partial charge in [-0.2, -0.15) is 0 Å². The summed E-state index contributed by atoms with van der Waals surface area (Å²) in [4.78, 5) is 36.4. The number of hydrazine groups is 1. The van der Waals surface area contributed by atoms with Gasteiger partial charge in [-0.15, -0.1) is 0 Å². The lowest BCUT2D eigenvalue weighted by Gasteiger charge is -2.14. The minimum absolute atomic E-state index is 0.0390. The van der Waals surface area contributed by atoms with E-state index in [0.717, 1.165) is 17.4 Å². The number of aromatic hydroxyl groups is 1. The number of hydrogen-bond acceptors (Lipinski definition) is 4. The van der Waals surface area contributed by atoms with Crippen LogP contribution in [0.15, 0.2) is 29.1 Å². The van der Waals surface area contributed by atoms with Gasteiger partial charge in [-0.05, 0) is 19.4 Å². The molecule has 0 atom stereocenters. The van der Waals surface area contributed by atoms with Crippen molar-refractivity contribution < 1.29 is 14.7 Å². The number of rotatable bonds is 5. The summed E-state index contributed by atoms with van der Waals surface area (Å²) in [6.45, 7) is 3.88. The highest BCUT2D eigenvalue weighted by Gasteiger charge is 2.21. The van der Waals surface area contributed by atoms with Gasteiger partial charge < -0.3 is 5.11 Å². The van der Waals surface area contributed by atoms with Gasteiger partial charge >= 0.3 is 0 Å². The molecule has 1 aromatic carbocycles. The van der Waals surface area contributed by atoms with Crippen molar-refractivity contribution in [2.24, 2.45) is 0 Å². The molecular formula is C17H21N3O4. The lowest BCUT2D eigenvalue weighted by atomic mass is 10.1. The van der Waals surface area contributed by atoms with E-state index in [1.54, 1.807) is 31.2 Å². The Morgan fingerprint density at radius 1 is 1.12 bits per heavy atom. The topological polar surface area (TPSA) is 100 Å². The highest BCUT2D eigenvalue weighted by molar-refractivity contribution is 6.09. The second-order valence-electron chi connectivity index (χ2n) is 5.40. The SMILES string of the molecule is CCCCC(=O)NNC(=O)c1c(O)n(CC)c(=O)c2ccccc12. The van der Waals surface area contributed by atoms with Gasteiger partial charge in [0.25, 0.3) is 11.5 Å². The molecule has 7 nitrogen and oxygen atoms in total. The maximum atomic E-state index is 12.4. The van der Waals surface area contributed by atoms with E-state index in [0.29, 0.717) is 17.2 Å². The van der Waals surface area contributed by atoms with E-state index in [9.17, 15) is 19.5 Å². The predicted molar refractivity (Wildman–Crippen MR) is 90.7 cm³/mol. The smallest absolute Gasteiger partial charge is 0.275 e. The lowest BCUT2D eigenvalue weighted by molar-refractivity contribution is -0.121. The quantitative estimate of drug-likeness (QED) is 0.726. The Bertz CT molecular complexity index is 826. The highest BCUT2D eigenvalue weighted by atomic mass is 16.3. The molecule has 3 N–H and O–H groups in total. The first-order valence-corrected chi connectivity index (χ1v) is 7.94. The molecule has 0 aliphatic heterocycles. The Labute approximate surface area is 139 Å². The Balaban J connectivity index is 2.39. The first-order chi connectivity index (χ1) is 11.5. The van der Waals surface area contributed by atoms with Gasteiger partial charge in [-0.3, -0.25) is 29.8 Å². The van der Waals surface area contributed by atoms with Crippen LogP contribution in [0.2, 0.25) is 0 Å². The standard InChI is InChI=1S/C17H21N3O4/c1-3-5-10-13(21)18-19-15(22)14-11-8-6-7-9-12(11)16(23)20(4-2)17(14)24/h6-9,24H,3-5,10H2,1-2H3,(H,18,21)(H,19,22). The van der Waals surface area contributed by atoms with Gasteiger partial charge in [-0.25, -0.2) is 0 Å². The van der Waals surface area contributed by atoms with Gasteiger partial charge in [0, 0.05) is 23.7 Å². The first-order valence-electron chi connectivity index (χ1n) is 7.94. The summed E-state index contributed by atoms with van der Waals surface area (Å²) < 4.78 is 1.12. The van der Waals surface area contributed by atoms with Crippen molar-refractivity contribution in [2.75, 3.05) is 0 Å². The third kappa shape index (κ3) is 3.40. The second kappa shape index (κ2) is 7.63. The number of carbonyl (C=O) groups excluding carboxylic acids is 2. The zero-order valence-corrected chi connectivity index (χ0v) is 13.8. The maximum Gasteiger partial charge on any atom is 0.275 e. The summed E-state index contributed by atoms with van der Waals surface area (Å²) >= 11 is 0. The summed E-state index contributed by atoms with van der Waals surface area (Å²) in [5.74, 6) is -1.39. The number of unbranched alkanes of at least 4 members (excludes halogenated alkanes) is 1. The second-order valence-corrected chi connectivity index (χ2v) is 5.40. The summed E-state index contributed by atoms with van der Waals surface area (Å²) in [6.07, 6.45) is 1.89. The van der Waals surface area contributed by atoms with Gasteiger partial charge in [0.2, 0.25) is 11.8 Å². The van der Waals surface area contributed by atoms with Crippen LogP contribution in [0.5, 0.6) is 5.88 Å². The molecule has 0 saturated heterocycles. The van der Waals surface area contributed by atoms with Crippen LogP contribution >= 0.6 is 0 Å². The Morgan fingerprint density at radius 2 is 1.79 bits per heavy atom. The van der Waals surface area contributed by atoms with Crippen molar-refractivity contribution in [1.82, 2.24) is 15.4 Å². The molecule has 1 heterocycles. The third-order valence-electron chi connectivity index (χ3n) is 3.77. The molecule has 24 heavy (non-hydrogen) atoms. The molecular weight excluding hydrogens is 310 g/mol. The summed E-state index contributed by atoms with van der Waals surface area (Å²) in [7, 11) is 0. The van der Waals surface area contributed by atoms with Crippen LogP contribution in [-0.2, 0) is 11.3 Å². The Morgan fingerprint density at radius 3 is 2.42 bits per heavy atom. The van der Waals surface area contributed by atoms with Gasteiger partial charge in [0.05, 0.1) is 0 Å². The van der Waals surface area contributed by atoms with E-state index in [1.807, 2.05) is 6.92 Å². The number of amides is 2. The fourth-order valence-corrected chi connectivity index (χ4v) is 2.49. The van der Waals surface area contributed by atoms with E-state index in [2.05, 4.69) is 10.9 Å². The molecule has 0 unspecified atom stereocenters. The number of nitrogens with one attached hydrogen (secondary N) is 2. The van der Waals surface area contributed by atoms with Crippen molar-refractivity contribution in [2.45, 2.75) is 39.7 Å². The molecule has 0 fully saturated rings. The number of aromatic nitrogens is 1. The third-order valence-corrected chi connectivity index (χ3v) is 3.77. The number of nitrogens with zero attached hydrogens (tertiary/aromatic N) is 1. The number of hydrogen-bond donors (Lipinski definition) is 3.